The van der Waals surface area contributed by atoms with Crippen LogP contribution in [-0.2, 0) is 0 Å². The molecule has 0 aliphatic heterocycles. The monoisotopic (exact) mass is 816 g/mol. The lowest BCUT2D eigenvalue weighted by atomic mass is 10.1. The highest BCUT2D eigenvalue weighted by atomic mass is 15.1. The predicted octanol–water partition coefficient (Wildman–Crippen LogP) is 14.5. The maximum atomic E-state index is 5.21. The summed E-state index contributed by atoms with van der Waals surface area (Å²) in [7, 11) is 0. The number of hydrogen-bond acceptors (Lipinski definition) is 2. The Morgan fingerprint density at radius 3 is 0.859 bits per heavy atom. The van der Waals surface area contributed by atoms with E-state index in [1.54, 1.807) is 0 Å². The standard InChI is InChI=1S/C58H36N6/c1-7-23-49-39(15-1)40-16-2-8-24-50(40)61(49)37-29-31-55-47(35-37)43-19-5-11-27-53(43)63(55)57-45(21-13-33-59-57)46-22-14-34-60-58(46)64-54-28-12-6-20-44(54)48-36-38(30-32-56(48)64)62-51-25-9-3-17-41(51)42-18-4-10-26-52(42)62/h1-36H. The van der Waals surface area contributed by atoms with Gasteiger partial charge in [-0.25, -0.2) is 9.97 Å². The molecule has 0 bridgehead atoms. The van der Waals surface area contributed by atoms with Gasteiger partial charge >= 0.3 is 0 Å². The predicted molar refractivity (Wildman–Crippen MR) is 265 cm³/mol. The summed E-state index contributed by atoms with van der Waals surface area (Å²) in [5, 5.41) is 9.67. The van der Waals surface area contributed by atoms with E-state index in [2.05, 4.69) is 212 Å². The van der Waals surface area contributed by atoms with Crippen molar-refractivity contribution in [3.63, 3.8) is 0 Å². The molecular formula is C58H36N6. The number of aromatic nitrogens is 6. The van der Waals surface area contributed by atoms with Crippen LogP contribution in [0, 0.1) is 0 Å². The van der Waals surface area contributed by atoms with E-state index in [1.165, 1.54) is 65.2 Å². The van der Waals surface area contributed by atoms with Crippen molar-refractivity contribution in [3.05, 3.63) is 219 Å². The van der Waals surface area contributed by atoms with Crippen LogP contribution in [0.3, 0.4) is 0 Å². The largest absolute Gasteiger partial charge is 0.309 e. The van der Waals surface area contributed by atoms with Crippen molar-refractivity contribution in [2.45, 2.75) is 0 Å². The van der Waals surface area contributed by atoms with Gasteiger partial charge in [0, 0.05) is 78.0 Å². The third kappa shape index (κ3) is 4.85. The summed E-state index contributed by atoms with van der Waals surface area (Å²) in [6.07, 6.45) is 3.80. The Kier molecular flexibility index (Phi) is 7.30. The number of hydrogen-bond donors (Lipinski definition) is 0. The van der Waals surface area contributed by atoms with Gasteiger partial charge < -0.3 is 9.13 Å². The van der Waals surface area contributed by atoms with E-state index in [1.807, 2.05) is 24.5 Å². The molecule has 0 amide bonds. The summed E-state index contributed by atoms with van der Waals surface area (Å²) in [4.78, 5) is 10.4. The van der Waals surface area contributed by atoms with Gasteiger partial charge in [-0.3, -0.25) is 9.13 Å². The quantitative estimate of drug-likeness (QED) is 0.174. The fourth-order valence-electron chi connectivity index (χ4n) is 10.6. The zero-order chi connectivity index (χ0) is 41.9. The SMILES string of the molecule is c1cnc(-n2c3ccccc3c3cc(-n4c5ccccc5c5ccccc54)ccc32)c(-c2cccnc2-n2c3ccccc3c3cc(-n4c5ccccc5c5ccccc54)ccc32)c1. The average molecular weight is 817 g/mol. The van der Waals surface area contributed by atoms with Gasteiger partial charge in [0.2, 0.25) is 0 Å². The van der Waals surface area contributed by atoms with E-state index in [4.69, 9.17) is 9.97 Å². The van der Waals surface area contributed by atoms with Crippen LogP contribution in [0.15, 0.2) is 219 Å². The van der Waals surface area contributed by atoms with Gasteiger partial charge in [-0.15, -0.1) is 0 Å². The van der Waals surface area contributed by atoms with Crippen molar-refractivity contribution >= 4 is 87.2 Å². The maximum Gasteiger partial charge on any atom is 0.145 e. The van der Waals surface area contributed by atoms with Crippen LogP contribution >= 0.6 is 0 Å². The fourth-order valence-corrected chi connectivity index (χ4v) is 10.6. The van der Waals surface area contributed by atoms with Crippen molar-refractivity contribution in [2.75, 3.05) is 0 Å². The molecule has 0 aliphatic carbocycles. The Morgan fingerprint density at radius 1 is 0.234 bits per heavy atom. The van der Waals surface area contributed by atoms with Crippen molar-refractivity contribution in [2.24, 2.45) is 0 Å². The first-order valence-electron chi connectivity index (χ1n) is 21.7. The topological polar surface area (TPSA) is 45.5 Å². The van der Waals surface area contributed by atoms with E-state index in [0.29, 0.717) is 0 Å². The maximum absolute atomic E-state index is 5.21. The molecule has 14 rings (SSSR count). The number of rotatable bonds is 5. The Morgan fingerprint density at radius 2 is 0.516 bits per heavy atom. The molecule has 6 aromatic heterocycles. The van der Waals surface area contributed by atoms with Crippen molar-refractivity contribution < 1.29 is 0 Å². The molecule has 0 unspecified atom stereocenters. The summed E-state index contributed by atoms with van der Waals surface area (Å²) in [6.45, 7) is 0. The fraction of sp³-hybridized carbons (Fsp3) is 0. The lowest BCUT2D eigenvalue weighted by Gasteiger charge is -2.17. The molecule has 298 valence electrons. The Hall–Kier alpha value is -8.74. The number of pyridine rings is 2. The molecule has 0 atom stereocenters. The Balaban J connectivity index is 0.974. The van der Waals surface area contributed by atoms with Crippen molar-refractivity contribution in [1.29, 1.82) is 0 Å². The van der Waals surface area contributed by atoms with Crippen LogP contribution in [0.5, 0.6) is 0 Å². The van der Waals surface area contributed by atoms with Gasteiger partial charge in [-0.1, -0.05) is 109 Å². The summed E-state index contributed by atoms with van der Waals surface area (Å²) in [5.41, 5.74) is 13.4. The van der Waals surface area contributed by atoms with Crippen molar-refractivity contribution in [3.8, 4) is 34.1 Å². The zero-order valence-electron chi connectivity index (χ0n) is 34.5. The van der Waals surface area contributed by atoms with Gasteiger partial charge in [0.25, 0.3) is 0 Å². The van der Waals surface area contributed by atoms with Gasteiger partial charge in [0.1, 0.15) is 11.6 Å². The lowest BCUT2D eigenvalue weighted by molar-refractivity contribution is 1.06. The molecule has 64 heavy (non-hydrogen) atoms. The highest BCUT2D eigenvalue weighted by Gasteiger charge is 2.23. The zero-order valence-corrected chi connectivity index (χ0v) is 34.5. The summed E-state index contributed by atoms with van der Waals surface area (Å²) < 4.78 is 9.44. The summed E-state index contributed by atoms with van der Waals surface area (Å²) in [6, 6.07) is 74.3. The van der Waals surface area contributed by atoms with E-state index >= 15 is 0 Å². The third-order valence-corrected chi connectivity index (χ3v) is 13.3. The van der Waals surface area contributed by atoms with Crippen LogP contribution in [-0.4, -0.2) is 28.2 Å². The molecule has 0 radical (unpaired) electrons. The first-order chi connectivity index (χ1) is 31.8. The highest BCUT2D eigenvalue weighted by Crippen LogP contribution is 2.42. The normalized spacial score (nSPS) is 12.1. The number of benzene rings is 8. The van der Waals surface area contributed by atoms with Crippen LogP contribution < -0.4 is 0 Å². The molecule has 0 fully saturated rings. The second-order valence-corrected chi connectivity index (χ2v) is 16.6. The smallest absolute Gasteiger partial charge is 0.145 e. The molecule has 6 heteroatoms. The Labute approximate surface area is 366 Å². The van der Waals surface area contributed by atoms with Crippen molar-refractivity contribution in [1.82, 2.24) is 28.2 Å². The molecule has 0 N–H and O–H groups in total. The molecule has 8 aromatic carbocycles. The lowest BCUT2D eigenvalue weighted by Crippen LogP contribution is -2.04. The van der Waals surface area contributed by atoms with E-state index in [9.17, 15) is 0 Å². The first-order valence-corrected chi connectivity index (χ1v) is 21.7. The van der Waals surface area contributed by atoms with Gasteiger partial charge in [0.05, 0.1) is 44.1 Å². The molecule has 0 spiro atoms. The minimum absolute atomic E-state index is 0.849. The van der Waals surface area contributed by atoms with Gasteiger partial charge in [0.15, 0.2) is 0 Å². The van der Waals surface area contributed by atoms with E-state index < -0.39 is 0 Å². The van der Waals surface area contributed by atoms with Crippen LogP contribution in [0.2, 0.25) is 0 Å². The molecule has 6 nitrogen and oxygen atoms in total. The van der Waals surface area contributed by atoms with Crippen LogP contribution in [0.1, 0.15) is 0 Å². The molecule has 14 aromatic rings. The second kappa shape index (κ2) is 13.4. The minimum atomic E-state index is 0.849. The van der Waals surface area contributed by atoms with Crippen LogP contribution in [0.25, 0.3) is 121 Å². The minimum Gasteiger partial charge on any atom is -0.309 e. The molecule has 0 aliphatic rings. The summed E-state index contributed by atoms with van der Waals surface area (Å²) >= 11 is 0. The van der Waals surface area contributed by atoms with E-state index in [-0.39, 0.29) is 0 Å². The number of fused-ring (bicyclic) bond motifs is 12. The van der Waals surface area contributed by atoms with Gasteiger partial charge in [-0.05, 0) is 97.1 Å². The average Bonchev–Trinajstić information content (AvgIpc) is 4.09. The molecule has 0 saturated carbocycles. The first kappa shape index (κ1) is 34.9. The Bertz CT molecular complexity index is 3840. The third-order valence-electron chi connectivity index (χ3n) is 13.3. The highest BCUT2D eigenvalue weighted by molar-refractivity contribution is 6.14. The number of nitrogens with zero attached hydrogens (tertiary/aromatic N) is 6. The van der Waals surface area contributed by atoms with Gasteiger partial charge in [-0.2, -0.15) is 0 Å². The molecular weight excluding hydrogens is 781 g/mol. The number of para-hydroxylation sites is 6. The van der Waals surface area contributed by atoms with Crippen LogP contribution in [0.4, 0.5) is 0 Å². The molecule has 6 heterocycles. The van der Waals surface area contributed by atoms with E-state index in [0.717, 1.165) is 56.2 Å². The second-order valence-electron chi connectivity index (χ2n) is 16.6. The summed E-state index contributed by atoms with van der Waals surface area (Å²) in [5.74, 6) is 1.70. The molecule has 0 saturated heterocycles.